The molecule has 7 nitrogen and oxygen atoms in total. The van der Waals surface area contributed by atoms with Crippen molar-refractivity contribution in [3.63, 3.8) is 0 Å². The van der Waals surface area contributed by atoms with E-state index in [1.165, 1.54) is 12.1 Å². The summed E-state index contributed by atoms with van der Waals surface area (Å²) in [5, 5.41) is 5.98. The summed E-state index contributed by atoms with van der Waals surface area (Å²) in [6.45, 7) is 9.46. The molecule has 0 atom stereocenters. The van der Waals surface area contributed by atoms with Gasteiger partial charge in [-0.2, -0.15) is 0 Å². The molecule has 0 saturated carbocycles. The molecule has 2 N–H and O–H groups in total. The predicted molar refractivity (Wildman–Crippen MR) is 136 cm³/mol. The molecule has 1 heterocycles. The molecule has 3 aromatic rings. The summed E-state index contributed by atoms with van der Waals surface area (Å²) in [6.07, 6.45) is 4.40. The Labute approximate surface area is 206 Å². The van der Waals surface area contributed by atoms with Crippen LogP contribution in [0.3, 0.4) is 0 Å². The number of aromatic nitrogens is 1. The first kappa shape index (κ1) is 26.1. The number of pyridine rings is 1. The van der Waals surface area contributed by atoms with Crippen molar-refractivity contribution in [3.8, 4) is 23.0 Å². The number of benzene rings is 2. The molecule has 0 aliphatic heterocycles. The summed E-state index contributed by atoms with van der Waals surface area (Å²) >= 11 is 0. The average Bonchev–Trinajstić information content (AvgIpc) is 2.80. The summed E-state index contributed by atoms with van der Waals surface area (Å²) in [7, 11) is 1.57. The molecule has 0 bridgehead atoms. The van der Waals surface area contributed by atoms with Gasteiger partial charge in [0.2, 0.25) is 0 Å². The van der Waals surface area contributed by atoms with Crippen molar-refractivity contribution in [2.45, 2.75) is 47.0 Å². The largest absolute Gasteiger partial charge is 0.493 e. The minimum atomic E-state index is -0.601. The van der Waals surface area contributed by atoms with E-state index in [4.69, 9.17) is 14.2 Å². The minimum Gasteiger partial charge on any atom is -0.493 e. The number of hydrogen-bond donors (Lipinski definition) is 2. The second kappa shape index (κ2) is 11.7. The van der Waals surface area contributed by atoms with Crippen LogP contribution in [-0.2, 0) is 0 Å². The quantitative estimate of drug-likeness (QED) is 0.306. The number of urea groups is 1. The Bertz CT molecular complexity index is 1160. The van der Waals surface area contributed by atoms with Crippen molar-refractivity contribution < 1.29 is 23.4 Å². The fraction of sp³-hybridized carbons (Fsp3) is 0.407. The van der Waals surface area contributed by atoms with E-state index >= 15 is 0 Å². The predicted octanol–water partition coefficient (Wildman–Crippen LogP) is 6.91. The molecule has 2 aromatic carbocycles. The van der Waals surface area contributed by atoms with Gasteiger partial charge in [-0.1, -0.05) is 34.1 Å². The monoisotopic (exact) mass is 483 g/mol. The molecule has 1 aromatic heterocycles. The minimum absolute atomic E-state index is 0.0701. The van der Waals surface area contributed by atoms with Crippen molar-refractivity contribution >= 4 is 22.6 Å². The van der Waals surface area contributed by atoms with Crippen LogP contribution in [0.5, 0.6) is 23.0 Å². The van der Waals surface area contributed by atoms with E-state index in [1.807, 2.05) is 6.07 Å². The second-order valence-electron chi connectivity index (χ2n) is 9.47. The summed E-state index contributed by atoms with van der Waals surface area (Å²) in [5.74, 6) is 1.36. The maximum absolute atomic E-state index is 14.7. The molecule has 0 unspecified atom stereocenters. The summed E-state index contributed by atoms with van der Waals surface area (Å²) in [6, 6.07) is 9.15. The fourth-order valence-corrected chi connectivity index (χ4v) is 3.32. The number of halogens is 1. The van der Waals surface area contributed by atoms with Crippen LogP contribution in [0.4, 0.5) is 14.9 Å². The number of ether oxygens (including phenoxy) is 3. The third kappa shape index (κ3) is 7.47. The molecular formula is C27H34FN3O4. The van der Waals surface area contributed by atoms with Crippen LogP contribution in [0.1, 0.15) is 47.0 Å². The van der Waals surface area contributed by atoms with Crippen LogP contribution in [0.25, 0.3) is 10.9 Å². The Morgan fingerprint density at radius 3 is 2.57 bits per heavy atom. The lowest BCUT2D eigenvalue weighted by atomic mass is 9.92. The Morgan fingerprint density at radius 2 is 1.89 bits per heavy atom. The number of fused-ring (bicyclic) bond motifs is 1. The third-order valence-electron chi connectivity index (χ3n) is 5.32. The van der Waals surface area contributed by atoms with Crippen molar-refractivity contribution in [1.82, 2.24) is 10.3 Å². The average molecular weight is 484 g/mol. The highest BCUT2D eigenvalue weighted by Gasteiger charge is 2.14. The normalized spacial score (nSPS) is 11.3. The highest BCUT2D eigenvalue weighted by atomic mass is 19.1. The highest BCUT2D eigenvalue weighted by molar-refractivity contribution is 5.90. The zero-order valence-corrected chi connectivity index (χ0v) is 21.0. The Kier molecular flexibility index (Phi) is 8.73. The number of methoxy groups -OCH3 is 1. The first-order valence-electron chi connectivity index (χ1n) is 11.8. The van der Waals surface area contributed by atoms with E-state index in [2.05, 4.69) is 43.3 Å². The van der Waals surface area contributed by atoms with Gasteiger partial charge in [0, 0.05) is 30.3 Å². The van der Waals surface area contributed by atoms with E-state index in [0.29, 0.717) is 41.3 Å². The lowest BCUT2D eigenvalue weighted by Crippen LogP contribution is -2.31. The van der Waals surface area contributed by atoms with Gasteiger partial charge in [-0.05, 0) is 42.5 Å². The smallest absolute Gasteiger partial charge is 0.319 e. The first-order chi connectivity index (χ1) is 16.7. The number of carbonyl (C=O) groups is 1. The van der Waals surface area contributed by atoms with Crippen molar-refractivity contribution in [1.29, 1.82) is 0 Å². The number of rotatable bonds is 10. The van der Waals surface area contributed by atoms with Gasteiger partial charge in [0.25, 0.3) is 0 Å². The maximum Gasteiger partial charge on any atom is 0.319 e. The third-order valence-corrected chi connectivity index (χ3v) is 5.32. The summed E-state index contributed by atoms with van der Waals surface area (Å²) in [5.41, 5.74) is 0.837. The Morgan fingerprint density at radius 1 is 1.09 bits per heavy atom. The second-order valence-corrected chi connectivity index (χ2v) is 9.47. The van der Waals surface area contributed by atoms with Crippen molar-refractivity contribution in [2.24, 2.45) is 5.41 Å². The van der Waals surface area contributed by atoms with Gasteiger partial charge in [-0.15, -0.1) is 0 Å². The molecule has 0 aliphatic rings. The van der Waals surface area contributed by atoms with Crippen LogP contribution >= 0.6 is 0 Å². The number of hydrogen-bond acceptors (Lipinski definition) is 5. The molecule has 2 amide bonds. The van der Waals surface area contributed by atoms with E-state index in [1.54, 1.807) is 31.5 Å². The van der Waals surface area contributed by atoms with Crippen molar-refractivity contribution in [3.05, 3.63) is 48.4 Å². The topological polar surface area (TPSA) is 81.7 Å². The number of unbranched alkanes of at least 4 members (excludes halogenated alkanes) is 1. The Hall–Kier alpha value is -3.55. The lowest BCUT2D eigenvalue weighted by Gasteiger charge is -2.18. The van der Waals surface area contributed by atoms with Crippen molar-refractivity contribution in [2.75, 3.05) is 25.6 Å². The molecule has 0 aliphatic carbocycles. The van der Waals surface area contributed by atoms with Gasteiger partial charge in [-0.25, -0.2) is 9.18 Å². The van der Waals surface area contributed by atoms with E-state index in [-0.39, 0.29) is 16.9 Å². The number of amides is 2. The fourth-order valence-electron chi connectivity index (χ4n) is 3.32. The van der Waals surface area contributed by atoms with E-state index < -0.39 is 11.8 Å². The Balaban J connectivity index is 1.73. The molecule has 0 spiro atoms. The highest BCUT2D eigenvalue weighted by Crippen LogP contribution is 2.37. The molecule has 0 radical (unpaired) electrons. The molecule has 0 fully saturated rings. The summed E-state index contributed by atoms with van der Waals surface area (Å²) < 4.78 is 32.0. The zero-order chi connectivity index (χ0) is 25.4. The van der Waals surface area contributed by atoms with Gasteiger partial charge >= 0.3 is 6.03 Å². The number of nitrogens with one attached hydrogen (secondary N) is 2. The number of anilines is 1. The van der Waals surface area contributed by atoms with Gasteiger partial charge in [-0.3, -0.25) is 4.98 Å². The molecule has 35 heavy (non-hydrogen) atoms. The SMILES string of the molecule is CCCCOc1cc2nccc(Oc3ccc(NC(=O)NCCC(C)(C)C)c(F)c3)c2cc1OC. The van der Waals surface area contributed by atoms with E-state index in [0.717, 1.165) is 19.3 Å². The standard InChI is InChI=1S/C27H34FN3O4/c1-6-7-14-34-25-17-22-19(16-24(25)33-5)23(10-12-29-22)35-18-8-9-21(20(28)15-18)31-26(32)30-13-11-27(2,3)4/h8-10,12,15-17H,6-7,11,13-14H2,1-5H3,(H2,30,31,32). The van der Waals surface area contributed by atoms with Crippen LogP contribution in [0, 0.1) is 11.2 Å². The van der Waals surface area contributed by atoms with Crippen LogP contribution in [-0.4, -0.2) is 31.3 Å². The van der Waals surface area contributed by atoms with Gasteiger partial charge in [0.15, 0.2) is 11.5 Å². The lowest BCUT2D eigenvalue weighted by molar-refractivity contribution is 0.250. The summed E-state index contributed by atoms with van der Waals surface area (Å²) in [4.78, 5) is 16.5. The molecule has 8 heteroatoms. The number of carbonyl (C=O) groups excluding carboxylic acids is 1. The van der Waals surface area contributed by atoms with E-state index in [9.17, 15) is 9.18 Å². The first-order valence-corrected chi connectivity index (χ1v) is 11.8. The molecule has 0 saturated heterocycles. The van der Waals surface area contributed by atoms with Crippen LogP contribution in [0.2, 0.25) is 0 Å². The van der Waals surface area contributed by atoms with Crippen LogP contribution < -0.4 is 24.8 Å². The van der Waals surface area contributed by atoms with Crippen LogP contribution in [0.15, 0.2) is 42.6 Å². The molecular weight excluding hydrogens is 449 g/mol. The van der Waals surface area contributed by atoms with Gasteiger partial charge < -0.3 is 24.8 Å². The van der Waals surface area contributed by atoms with Gasteiger partial charge in [0.1, 0.15) is 17.3 Å². The maximum atomic E-state index is 14.7. The molecule has 3 rings (SSSR count). The number of nitrogens with zero attached hydrogens (tertiary/aromatic N) is 1. The van der Waals surface area contributed by atoms with Gasteiger partial charge in [0.05, 0.1) is 24.9 Å². The zero-order valence-electron chi connectivity index (χ0n) is 21.0. The molecule has 188 valence electrons.